The van der Waals surface area contributed by atoms with Crippen molar-refractivity contribution >= 4 is 23.2 Å². The van der Waals surface area contributed by atoms with Crippen LogP contribution in [-0.2, 0) is 4.79 Å². The molecule has 0 radical (unpaired) electrons. The number of amides is 1. The maximum Gasteiger partial charge on any atom is 0.346 e. The smallest absolute Gasteiger partial charge is 0.346 e. The first-order valence-corrected chi connectivity index (χ1v) is 6.47. The lowest BCUT2D eigenvalue weighted by Crippen LogP contribution is -2.44. The summed E-state index contributed by atoms with van der Waals surface area (Å²) in [5.74, 6) is -0.807. The van der Waals surface area contributed by atoms with Gasteiger partial charge in [0.25, 0.3) is 5.91 Å². The molecule has 0 atom stereocenters. The third kappa shape index (κ3) is 4.37. The number of nitrogens with one attached hydrogen (secondary N) is 1. The second-order valence-corrected chi connectivity index (χ2v) is 5.44. The van der Waals surface area contributed by atoms with E-state index in [1.54, 1.807) is 5.38 Å². The Balaban J connectivity index is 2.45. The molecule has 0 unspecified atom stereocenters. The molecule has 0 fully saturated rings. The van der Waals surface area contributed by atoms with Crippen LogP contribution in [0.4, 0.5) is 0 Å². The quantitative estimate of drug-likeness (QED) is 0.831. The molecule has 100 valence electrons. The van der Waals surface area contributed by atoms with Crippen LogP contribution in [0.2, 0.25) is 0 Å². The fourth-order valence-electron chi connectivity index (χ4n) is 1.16. The van der Waals surface area contributed by atoms with E-state index < -0.39 is 5.97 Å². The van der Waals surface area contributed by atoms with Gasteiger partial charge >= 0.3 is 5.97 Å². The molecule has 1 rings (SSSR count). The summed E-state index contributed by atoms with van der Waals surface area (Å²) in [5.41, 5.74) is -0.263. The molecular formula is C12H17NO4S. The number of carboxylic acid groups (broad SMARTS) is 1. The first-order chi connectivity index (χ1) is 8.34. The highest BCUT2D eigenvalue weighted by molar-refractivity contribution is 7.12. The van der Waals surface area contributed by atoms with Crippen LogP contribution >= 0.6 is 11.3 Å². The van der Waals surface area contributed by atoms with E-state index in [1.807, 2.05) is 20.8 Å². The Morgan fingerprint density at radius 1 is 1.50 bits per heavy atom. The molecule has 0 bridgehead atoms. The van der Waals surface area contributed by atoms with Crippen molar-refractivity contribution in [2.75, 3.05) is 6.61 Å². The Morgan fingerprint density at radius 2 is 2.17 bits per heavy atom. The monoisotopic (exact) mass is 271 g/mol. The van der Waals surface area contributed by atoms with E-state index in [1.165, 1.54) is 6.07 Å². The zero-order chi connectivity index (χ0) is 13.8. The van der Waals surface area contributed by atoms with Gasteiger partial charge in [-0.25, -0.2) is 4.79 Å². The number of carbonyl (C=O) groups excluding carboxylic acids is 1. The molecule has 18 heavy (non-hydrogen) atoms. The van der Waals surface area contributed by atoms with Crippen molar-refractivity contribution in [3.8, 4) is 5.75 Å². The van der Waals surface area contributed by atoms with E-state index in [0.717, 1.165) is 17.8 Å². The molecule has 1 aromatic heterocycles. The Labute approximate surface area is 110 Å². The van der Waals surface area contributed by atoms with Crippen molar-refractivity contribution in [1.82, 2.24) is 5.32 Å². The molecule has 0 saturated heterocycles. The topological polar surface area (TPSA) is 75.6 Å². The van der Waals surface area contributed by atoms with Gasteiger partial charge in [-0.05, 0) is 20.3 Å². The molecule has 0 aromatic carbocycles. The van der Waals surface area contributed by atoms with Crippen LogP contribution in [0, 0.1) is 0 Å². The molecule has 1 aromatic rings. The van der Waals surface area contributed by atoms with Gasteiger partial charge in [0.2, 0.25) is 0 Å². The highest BCUT2D eigenvalue weighted by Crippen LogP contribution is 2.21. The summed E-state index contributed by atoms with van der Waals surface area (Å²) < 4.78 is 5.22. The average Bonchev–Trinajstić information content (AvgIpc) is 2.74. The summed E-state index contributed by atoms with van der Waals surface area (Å²) in [7, 11) is 0. The van der Waals surface area contributed by atoms with Gasteiger partial charge in [-0.1, -0.05) is 6.92 Å². The zero-order valence-corrected chi connectivity index (χ0v) is 11.5. The van der Waals surface area contributed by atoms with Crippen molar-refractivity contribution < 1.29 is 19.4 Å². The standard InChI is InChI=1S/C12H17NO4S/c1-4-12(2,3)13-10(14)6-17-8-5-9(11(15)16)18-7-8/h5,7H,4,6H2,1-3H3,(H,13,14)(H,15,16). The van der Waals surface area contributed by atoms with Crippen LogP contribution in [0.1, 0.15) is 36.9 Å². The molecule has 2 N–H and O–H groups in total. The summed E-state index contributed by atoms with van der Waals surface area (Å²) in [6, 6.07) is 1.41. The molecule has 0 aliphatic rings. The van der Waals surface area contributed by atoms with Gasteiger partial charge in [0.05, 0.1) is 0 Å². The van der Waals surface area contributed by atoms with Crippen molar-refractivity contribution in [2.45, 2.75) is 32.7 Å². The minimum atomic E-state index is -0.994. The molecule has 1 heterocycles. The number of hydrogen-bond donors (Lipinski definition) is 2. The Bertz CT molecular complexity index is 439. The Morgan fingerprint density at radius 3 is 2.67 bits per heavy atom. The molecule has 0 spiro atoms. The second kappa shape index (κ2) is 5.86. The maximum absolute atomic E-state index is 11.6. The van der Waals surface area contributed by atoms with Crippen LogP contribution in [0.25, 0.3) is 0 Å². The molecule has 5 nitrogen and oxygen atoms in total. The van der Waals surface area contributed by atoms with E-state index in [4.69, 9.17) is 9.84 Å². The van der Waals surface area contributed by atoms with Gasteiger partial charge in [0.15, 0.2) is 6.61 Å². The fraction of sp³-hybridized carbons (Fsp3) is 0.500. The second-order valence-electron chi connectivity index (χ2n) is 4.53. The highest BCUT2D eigenvalue weighted by atomic mass is 32.1. The van der Waals surface area contributed by atoms with E-state index in [0.29, 0.717) is 5.75 Å². The maximum atomic E-state index is 11.6. The van der Waals surface area contributed by atoms with Gasteiger partial charge < -0.3 is 15.2 Å². The van der Waals surface area contributed by atoms with Gasteiger partial charge in [0.1, 0.15) is 10.6 Å². The van der Waals surface area contributed by atoms with Crippen LogP contribution < -0.4 is 10.1 Å². The predicted octanol–water partition coefficient (Wildman–Crippen LogP) is 2.13. The summed E-state index contributed by atoms with van der Waals surface area (Å²) in [6.45, 7) is 5.73. The SMILES string of the molecule is CCC(C)(C)NC(=O)COc1csc(C(=O)O)c1. The molecule has 0 aliphatic heterocycles. The van der Waals surface area contributed by atoms with E-state index in [-0.39, 0.29) is 22.9 Å². The number of hydrogen-bond acceptors (Lipinski definition) is 4. The van der Waals surface area contributed by atoms with E-state index >= 15 is 0 Å². The highest BCUT2D eigenvalue weighted by Gasteiger charge is 2.18. The Hall–Kier alpha value is -1.56. The van der Waals surface area contributed by atoms with Gasteiger partial charge in [-0.2, -0.15) is 0 Å². The normalized spacial score (nSPS) is 11.1. The molecular weight excluding hydrogens is 254 g/mol. The molecule has 1 amide bonds. The van der Waals surface area contributed by atoms with Gasteiger partial charge in [0, 0.05) is 17.0 Å². The summed E-state index contributed by atoms with van der Waals surface area (Å²) in [6.07, 6.45) is 0.820. The number of thiophene rings is 1. The average molecular weight is 271 g/mol. The fourth-order valence-corrected chi connectivity index (χ4v) is 1.82. The van der Waals surface area contributed by atoms with Crippen molar-refractivity contribution in [1.29, 1.82) is 0 Å². The molecule has 6 heteroatoms. The number of ether oxygens (including phenoxy) is 1. The molecule has 0 saturated carbocycles. The van der Waals surface area contributed by atoms with Crippen molar-refractivity contribution in [3.05, 3.63) is 16.3 Å². The first-order valence-electron chi connectivity index (χ1n) is 5.59. The van der Waals surface area contributed by atoms with Crippen LogP contribution in [0.3, 0.4) is 0 Å². The third-order valence-electron chi connectivity index (χ3n) is 2.52. The lowest BCUT2D eigenvalue weighted by molar-refractivity contribution is -0.124. The third-order valence-corrected chi connectivity index (χ3v) is 3.41. The summed E-state index contributed by atoms with van der Waals surface area (Å²) >= 11 is 1.07. The minimum absolute atomic E-state index is 0.112. The zero-order valence-electron chi connectivity index (χ0n) is 10.6. The van der Waals surface area contributed by atoms with Crippen LogP contribution in [0.5, 0.6) is 5.75 Å². The lowest BCUT2D eigenvalue weighted by atomic mass is 10.0. The molecule has 0 aliphatic carbocycles. The predicted molar refractivity (Wildman–Crippen MR) is 69.3 cm³/mol. The lowest BCUT2D eigenvalue weighted by Gasteiger charge is -2.24. The number of rotatable bonds is 6. The largest absolute Gasteiger partial charge is 0.483 e. The van der Waals surface area contributed by atoms with Crippen LogP contribution in [0.15, 0.2) is 11.4 Å². The Kier molecular flexibility index (Phi) is 4.72. The minimum Gasteiger partial charge on any atom is -0.483 e. The number of aromatic carboxylic acids is 1. The van der Waals surface area contributed by atoms with E-state index in [9.17, 15) is 9.59 Å². The summed E-state index contributed by atoms with van der Waals surface area (Å²) in [5, 5.41) is 13.1. The van der Waals surface area contributed by atoms with E-state index in [2.05, 4.69) is 5.32 Å². The van der Waals surface area contributed by atoms with Crippen molar-refractivity contribution in [3.63, 3.8) is 0 Å². The van der Waals surface area contributed by atoms with Gasteiger partial charge in [-0.3, -0.25) is 4.79 Å². The first kappa shape index (κ1) is 14.5. The van der Waals surface area contributed by atoms with Crippen LogP contribution in [-0.4, -0.2) is 29.1 Å². The number of carboxylic acids is 1. The number of carbonyl (C=O) groups is 2. The van der Waals surface area contributed by atoms with Crippen molar-refractivity contribution in [2.24, 2.45) is 0 Å². The summed E-state index contributed by atoms with van der Waals surface area (Å²) in [4.78, 5) is 22.4. The van der Waals surface area contributed by atoms with Gasteiger partial charge in [-0.15, -0.1) is 11.3 Å².